The summed E-state index contributed by atoms with van der Waals surface area (Å²) in [5, 5.41) is 10.2. The Hall–Kier alpha value is -10.1. The van der Waals surface area contributed by atoms with Crippen molar-refractivity contribution in [3.8, 4) is 78.7 Å². The van der Waals surface area contributed by atoms with Gasteiger partial charge in [-0.1, -0.05) is 249 Å². The van der Waals surface area contributed by atoms with Gasteiger partial charge in [-0.2, -0.15) is 0 Å². The molecule has 0 unspecified atom stereocenters. The number of aromatic nitrogens is 3. The van der Waals surface area contributed by atoms with Crippen molar-refractivity contribution in [1.29, 1.82) is 0 Å². The molecule has 4 heteroatoms. The van der Waals surface area contributed by atoms with Crippen LogP contribution < -0.4 is 0 Å². The Morgan fingerprint density at radius 2 is 0.600 bits per heavy atom. The zero-order valence-corrected chi connectivity index (χ0v) is 44.2. The quantitative estimate of drug-likeness (QED) is 0.142. The minimum absolute atomic E-state index is 0.546. The third-order valence-corrected chi connectivity index (χ3v) is 17.7. The first-order chi connectivity index (χ1) is 39.6. The van der Waals surface area contributed by atoms with Crippen LogP contribution in [0.1, 0.15) is 22.3 Å². The van der Waals surface area contributed by atoms with E-state index in [4.69, 9.17) is 15.0 Å². The largest absolute Gasteiger partial charge is 0.208 e. The molecule has 372 valence electrons. The minimum atomic E-state index is -0.546. The van der Waals surface area contributed by atoms with E-state index >= 15 is 0 Å². The summed E-state index contributed by atoms with van der Waals surface area (Å²) in [6, 6.07) is 104. The van der Waals surface area contributed by atoms with E-state index < -0.39 is 5.41 Å². The van der Waals surface area contributed by atoms with Crippen LogP contribution in [0.4, 0.5) is 0 Å². The standard InChI is InChI=1S/C76H47N3S/c1-4-18-48(19-5-1)73-77-74(55-36-39-65-64-32-14-15-33-69(64)76(70(65)45-55,57-24-6-2-7-25-57)58-26-8-3-9-27-58)79-75(78-73)56-37-41-67-66-40-35-54(46-71(66)80-72(67)47-56)52-23-17-21-50(43-52)49-20-16-22-51(42-49)53-34-38-63-61-30-11-10-28-59(61)60-29-12-13-31-62(60)68(63)44-53/h1-47H. The summed E-state index contributed by atoms with van der Waals surface area (Å²) in [6.45, 7) is 0. The topological polar surface area (TPSA) is 38.7 Å². The second-order valence-corrected chi connectivity index (χ2v) is 22.1. The van der Waals surface area contributed by atoms with Gasteiger partial charge >= 0.3 is 0 Å². The minimum Gasteiger partial charge on any atom is -0.208 e. The molecule has 13 aromatic carbocycles. The molecular weight excluding hydrogens is 987 g/mol. The van der Waals surface area contributed by atoms with Gasteiger partial charge in [0.15, 0.2) is 17.5 Å². The number of rotatable bonds is 8. The molecule has 0 spiro atoms. The first-order valence-electron chi connectivity index (χ1n) is 27.3. The Kier molecular flexibility index (Phi) is 10.7. The van der Waals surface area contributed by atoms with Gasteiger partial charge in [-0.15, -0.1) is 11.3 Å². The molecule has 1 aliphatic rings. The van der Waals surface area contributed by atoms with Crippen LogP contribution in [0.25, 0.3) is 131 Å². The first kappa shape index (κ1) is 46.0. The maximum absolute atomic E-state index is 5.35. The second-order valence-electron chi connectivity index (χ2n) is 21.0. The molecule has 0 N–H and O–H groups in total. The summed E-state index contributed by atoms with van der Waals surface area (Å²) in [5.74, 6) is 1.91. The summed E-state index contributed by atoms with van der Waals surface area (Å²) in [6.07, 6.45) is 0. The lowest BCUT2D eigenvalue weighted by atomic mass is 9.67. The predicted molar refractivity (Wildman–Crippen MR) is 335 cm³/mol. The molecule has 0 saturated carbocycles. The summed E-state index contributed by atoms with van der Waals surface area (Å²) in [4.78, 5) is 15.8. The molecule has 0 saturated heterocycles. The average molecular weight is 1030 g/mol. The molecule has 16 rings (SSSR count). The van der Waals surface area contributed by atoms with Crippen molar-refractivity contribution in [2.75, 3.05) is 0 Å². The molecular formula is C76H47N3S. The molecule has 0 aliphatic heterocycles. The Morgan fingerprint density at radius 3 is 1.18 bits per heavy atom. The van der Waals surface area contributed by atoms with Crippen molar-refractivity contribution in [3.05, 3.63) is 307 Å². The van der Waals surface area contributed by atoms with Crippen molar-refractivity contribution in [3.63, 3.8) is 0 Å². The number of thiophene rings is 1. The van der Waals surface area contributed by atoms with Crippen LogP contribution in [0.15, 0.2) is 285 Å². The Labute approximate surface area is 467 Å². The Balaban J connectivity index is 0.757. The molecule has 80 heavy (non-hydrogen) atoms. The summed E-state index contributed by atoms with van der Waals surface area (Å²) >= 11 is 1.81. The van der Waals surface area contributed by atoms with Crippen LogP contribution in [-0.4, -0.2) is 15.0 Å². The van der Waals surface area contributed by atoms with Crippen LogP contribution in [-0.2, 0) is 5.41 Å². The summed E-state index contributed by atoms with van der Waals surface area (Å²) < 4.78 is 2.42. The van der Waals surface area contributed by atoms with Gasteiger partial charge in [-0.3, -0.25) is 0 Å². The van der Waals surface area contributed by atoms with Crippen LogP contribution in [0.5, 0.6) is 0 Å². The predicted octanol–water partition coefficient (Wildman–Crippen LogP) is 20.1. The van der Waals surface area contributed by atoms with Crippen LogP contribution >= 0.6 is 11.3 Å². The molecule has 2 heterocycles. The highest BCUT2D eigenvalue weighted by atomic mass is 32.1. The van der Waals surface area contributed by atoms with Crippen LogP contribution in [0.3, 0.4) is 0 Å². The van der Waals surface area contributed by atoms with Gasteiger partial charge in [0.2, 0.25) is 0 Å². The fourth-order valence-corrected chi connectivity index (χ4v) is 14.1. The van der Waals surface area contributed by atoms with Crippen molar-refractivity contribution in [2.45, 2.75) is 5.41 Å². The molecule has 0 radical (unpaired) electrons. The van der Waals surface area contributed by atoms with Crippen molar-refractivity contribution >= 4 is 63.8 Å². The smallest absolute Gasteiger partial charge is 0.164 e. The van der Waals surface area contributed by atoms with E-state index in [0.717, 1.165) is 16.7 Å². The Morgan fingerprint density at radius 1 is 0.225 bits per heavy atom. The van der Waals surface area contributed by atoms with Gasteiger partial charge in [0.25, 0.3) is 0 Å². The van der Waals surface area contributed by atoms with E-state index in [0.29, 0.717) is 17.5 Å². The molecule has 3 nitrogen and oxygen atoms in total. The van der Waals surface area contributed by atoms with E-state index in [1.54, 1.807) is 0 Å². The van der Waals surface area contributed by atoms with Gasteiger partial charge in [-0.25, -0.2) is 15.0 Å². The maximum atomic E-state index is 5.35. The van der Waals surface area contributed by atoms with Crippen molar-refractivity contribution in [1.82, 2.24) is 15.0 Å². The molecule has 0 bridgehead atoms. The van der Waals surface area contributed by atoms with Gasteiger partial charge in [0, 0.05) is 36.9 Å². The molecule has 15 aromatic rings. The van der Waals surface area contributed by atoms with Gasteiger partial charge in [-0.05, 0) is 135 Å². The highest BCUT2D eigenvalue weighted by Crippen LogP contribution is 2.57. The number of hydrogen-bond donors (Lipinski definition) is 0. The third kappa shape index (κ3) is 7.37. The zero-order chi connectivity index (χ0) is 52.7. The highest BCUT2D eigenvalue weighted by molar-refractivity contribution is 7.25. The monoisotopic (exact) mass is 1030 g/mol. The summed E-state index contributed by atoms with van der Waals surface area (Å²) in [7, 11) is 0. The normalized spacial score (nSPS) is 12.6. The number of benzene rings is 13. The number of hydrogen-bond acceptors (Lipinski definition) is 4. The lowest BCUT2D eigenvalue weighted by Crippen LogP contribution is -2.28. The second kappa shape index (κ2) is 18.5. The SMILES string of the molecule is c1ccc(-c2nc(-c3ccc4c(c3)C(c3ccccc3)(c3ccccc3)c3ccccc3-4)nc(-c3ccc4c(c3)sc3cc(-c5cccc(-c6cccc(-c7ccc8c9ccccc9c9ccccc9c8c7)c6)c5)ccc34)n2)cc1. The maximum Gasteiger partial charge on any atom is 0.164 e. The molecule has 0 amide bonds. The number of fused-ring (bicyclic) bond motifs is 12. The Bertz CT molecular complexity index is 4870. The van der Waals surface area contributed by atoms with E-state index in [-0.39, 0.29) is 0 Å². The first-order valence-corrected chi connectivity index (χ1v) is 28.1. The molecule has 1 aliphatic carbocycles. The van der Waals surface area contributed by atoms with Gasteiger partial charge < -0.3 is 0 Å². The fourth-order valence-electron chi connectivity index (χ4n) is 12.9. The van der Waals surface area contributed by atoms with E-state index in [9.17, 15) is 0 Å². The molecule has 0 atom stereocenters. The summed E-state index contributed by atoms with van der Waals surface area (Å²) in [5.41, 5.74) is 16.8. The lowest BCUT2D eigenvalue weighted by Gasteiger charge is -2.34. The van der Waals surface area contributed by atoms with Crippen molar-refractivity contribution in [2.24, 2.45) is 0 Å². The third-order valence-electron chi connectivity index (χ3n) is 16.6. The van der Waals surface area contributed by atoms with Gasteiger partial charge in [0.05, 0.1) is 5.41 Å². The van der Waals surface area contributed by atoms with Crippen LogP contribution in [0.2, 0.25) is 0 Å². The molecule has 0 fully saturated rings. The van der Waals surface area contributed by atoms with E-state index in [1.807, 2.05) is 29.5 Å². The van der Waals surface area contributed by atoms with Crippen LogP contribution in [0, 0.1) is 0 Å². The zero-order valence-electron chi connectivity index (χ0n) is 43.4. The fraction of sp³-hybridized carbons (Fsp3) is 0.0132. The molecule has 2 aromatic heterocycles. The average Bonchev–Trinajstić information content (AvgIpc) is 4.19. The number of nitrogens with zero attached hydrogens (tertiary/aromatic N) is 3. The van der Waals surface area contributed by atoms with E-state index in [2.05, 4.69) is 267 Å². The van der Waals surface area contributed by atoms with Gasteiger partial charge in [0.1, 0.15) is 0 Å². The lowest BCUT2D eigenvalue weighted by molar-refractivity contribution is 0.768. The highest BCUT2D eigenvalue weighted by Gasteiger charge is 2.46. The van der Waals surface area contributed by atoms with E-state index in [1.165, 1.54) is 119 Å². The van der Waals surface area contributed by atoms with Crippen molar-refractivity contribution < 1.29 is 0 Å².